The Hall–Kier alpha value is -3.88. The van der Waals surface area contributed by atoms with Crippen LogP contribution in [0.3, 0.4) is 0 Å². The molecule has 1 amide bonds. The highest BCUT2D eigenvalue weighted by atomic mass is 16.5. The Morgan fingerprint density at radius 2 is 1.85 bits per heavy atom. The molecule has 0 saturated carbocycles. The van der Waals surface area contributed by atoms with Gasteiger partial charge in [-0.15, -0.1) is 0 Å². The minimum atomic E-state index is -0.529. The molecule has 0 spiro atoms. The second-order valence-corrected chi connectivity index (χ2v) is 8.56. The van der Waals surface area contributed by atoms with Crippen LogP contribution in [-0.2, 0) is 4.79 Å². The summed E-state index contributed by atoms with van der Waals surface area (Å²) in [5.41, 5.74) is 8.52. The summed E-state index contributed by atoms with van der Waals surface area (Å²) in [6.07, 6.45) is 3.20. The number of carbonyl (C=O) groups excluding carboxylic acids is 1. The maximum absolute atomic E-state index is 12.5. The van der Waals surface area contributed by atoms with E-state index < -0.39 is 5.82 Å². The molecule has 2 N–H and O–H groups in total. The summed E-state index contributed by atoms with van der Waals surface area (Å²) in [6.45, 7) is 2.94. The first-order chi connectivity index (χ1) is 16.5. The molecule has 9 heteroatoms. The first-order valence-electron chi connectivity index (χ1n) is 11.4. The lowest BCUT2D eigenvalue weighted by atomic mass is 9.87. The molecule has 34 heavy (non-hydrogen) atoms. The number of fused-ring (bicyclic) bond motifs is 1. The fourth-order valence-electron chi connectivity index (χ4n) is 4.40. The van der Waals surface area contributed by atoms with Crippen LogP contribution in [0.5, 0.6) is 11.5 Å². The van der Waals surface area contributed by atoms with Crippen molar-refractivity contribution in [1.82, 2.24) is 24.6 Å². The van der Waals surface area contributed by atoms with Crippen molar-refractivity contribution in [3.05, 3.63) is 60.9 Å². The molecular weight excluding hydrogens is 427 g/mol. The second-order valence-electron chi connectivity index (χ2n) is 8.56. The van der Waals surface area contributed by atoms with Gasteiger partial charge in [-0.2, -0.15) is 5.10 Å². The molecule has 8 nitrogen and oxygen atoms in total. The van der Waals surface area contributed by atoms with E-state index in [1.54, 1.807) is 6.92 Å². The summed E-state index contributed by atoms with van der Waals surface area (Å²) in [4.78, 5) is 23.0. The van der Waals surface area contributed by atoms with Crippen LogP contribution in [0.4, 0.5) is 5.82 Å². The number of hydrogen-bond acceptors (Lipinski definition) is 6. The van der Waals surface area contributed by atoms with E-state index in [1.165, 1.54) is 6.33 Å². The van der Waals surface area contributed by atoms with Crippen LogP contribution >= 0.6 is 0 Å². The van der Waals surface area contributed by atoms with Gasteiger partial charge in [0, 0.05) is 18.7 Å². The van der Waals surface area contributed by atoms with Crippen molar-refractivity contribution in [1.29, 1.82) is 0 Å². The Labute approximate surface area is 199 Å². The van der Waals surface area contributed by atoms with Crippen molar-refractivity contribution in [2.24, 2.45) is 0 Å². The first-order valence-corrected chi connectivity index (χ1v) is 11.4. The smallest absolute Gasteiger partial charge is 0.216 e. The lowest BCUT2D eigenvalue weighted by molar-refractivity contribution is -0.132. The van der Waals surface area contributed by atoms with Gasteiger partial charge in [0.15, 0.2) is 5.65 Å². The number of ether oxygens (including phenoxy) is 1. The highest BCUT2D eigenvalue weighted by Crippen LogP contribution is 2.35. The number of piperidine rings is 1. The maximum atomic E-state index is 12.5. The van der Waals surface area contributed by atoms with Gasteiger partial charge < -0.3 is 15.4 Å². The fraction of sp³-hybridized carbons (Fsp3) is 0.280. The van der Waals surface area contributed by atoms with Crippen molar-refractivity contribution in [2.45, 2.75) is 31.6 Å². The molecule has 4 aromatic rings. The molecule has 2 atom stereocenters. The summed E-state index contributed by atoms with van der Waals surface area (Å²) in [6, 6.07) is 17.3. The number of para-hydroxylation sites is 1. The van der Waals surface area contributed by atoms with Gasteiger partial charge in [-0.25, -0.2) is 14.6 Å². The van der Waals surface area contributed by atoms with Gasteiger partial charge >= 0.3 is 0 Å². The van der Waals surface area contributed by atoms with E-state index in [2.05, 4.69) is 9.97 Å². The molecule has 1 fully saturated rings. The number of likely N-dealkylation sites (tertiary alicyclic amines) is 1. The van der Waals surface area contributed by atoms with E-state index in [0.717, 1.165) is 29.9 Å². The van der Waals surface area contributed by atoms with Crippen molar-refractivity contribution in [3.8, 4) is 22.8 Å². The quantitative estimate of drug-likeness (QED) is 0.460. The number of carbonyl (C=O) groups is 1. The van der Waals surface area contributed by atoms with Crippen LogP contribution in [0.2, 0.25) is 5.82 Å². The number of nitrogen functional groups attached to an aromatic ring is 1. The van der Waals surface area contributed by atoms with Gasteiger partial charge in [0.25, 0.3) is 0 Å². The van der Waals surface area contributed by atoms with Gasteiger partial charge in [0.2, 0.25) is 5.91 Å². The van der Waals surface area contributed by atoms with Crippen LogP contribution in [-0.4, -0.2) is 51.5 Å². The highest BCUT2D eigenvalue weighted by molar-refractivity contribution is 6.23. The number of nitrogens with zero attached hydrogens (tertiary/aromatic N) is 5. The second kappa shape index (κ2) is 9.17. The predicted octanol–water partition coefficient (Wildman–Crippen LogP) is 4.01. The average Bonchev–Trinajstić information content (AvgIpc) is 3.26. The topological polar surface area (TPSA) is 99.2 Å². The average molecular weight is 452 g/mol. The monoisotopic (exact) mass is 452 g/mol. The fourth-order valence-corrected chi connectivity index (χ4v) is 4.40. The summed E-state index contributed by atoms with van der Waals surface area (Å²) < 4.78 is 7.80. The summed E-state index contributed by atoms with van der Waals surface area (Å²) in [7, 11) is 5.84. The van der Waals surface area contributed by atoms with Crippen molar-refractivity contribution >= 4 is 30.6 Å². The molecule has 3 heterocycles. The molecular formula is C25H25BN6O2. The highest BCUT2D eigenvalue weighted by Gasteiger charge is 2.29. The van der Waals surface area contributed by atoms with Crippen molar-refractivity contribution < 1.29 is 9.53 Å². The summed E-state index contributed by atoms with van der Waals surface area (Å²) >= 11 is 0. The molecule has 1 aliphatic rings. The van der Waals surface area contributed by atoms with E-state index in [1.807, 2.05) is 64.2 Å². The van der Waals surface area contributed by atoms with Crippen LogP contribution in [0.25, 0.3) is 22.3 Å². The van der Waals surface area contributed by atoms with Crippen LogP contribution in [0, 0.1) is 0 Å². The Kier molecular flexibility index (Phi) is 5.92. The van der Waals surface area contributed by atoms with Crippen LogP contribution < -0.4 is 10.5 Å². The lowest BCUT2D eigenvalue weighted by Crippen LogP contribution is -2.42. The van der Waals surface area contributed by atoms with E-state index in [9.17, 15) is 4.79 Å². The van der Waals surface area contributed by atoms with E-state index in [0.29, 0.717) is 35.6 Å². The Morgan fingerprint density at radius 3 is 2.59 bits per heavy atom. The van der Waals surface area contributed by atoms with Gasteiger partial charge in [0.05, 0.1) is 19.3 Å². The summed E-state index contributed by atoms with van der Waals surface area (Å²) in [5, 5.41) is 5.62. The number of hydrogen-bond donors (Lipinski definition) is 1. The zero-order valence-corrected chi connectivity index (χ0v) is 19.0. The normalized spacial score (nSPS) is 17.0. The number of benzene rings is 2. The zero-order chi connectivity index (χ0) is 23.7. The number of aromatic nitrogens is 4. The molecule has 2 aromatic carbocycles. The van der Waals surface area contributed by atoms with E-state index in [-0.39, 0.29) is 11.9 Å². The Morgan fingerprint density at radius 1 is 1.12 bits per heavy atom. The van der Waals surface area contributed by atoms with Crippen molar-refractivity contribution in [3.63, 3.8) is 0 Å². The van der Waals surface area contributed by atoms with E-state index in [4.69, 9.17) is 23.4 Å². The zero-order valence-electron chi connectivity index (χ0n) is 19.0. The minimum Gasteiger partial charge on any atom is -0.457 e. The Balaban J connectivity index is 1.49. The molecule has 5 rings (SSSR count). The largest absolute Gasteiger partial charge is 0.457 e. The number of anilines is 1. The first kappa shape index (κ1) is 21.9. The number of nitrogens with two attached hydrogens (primary N) is 1. The van der Waals surface area contributed by atoms with Crippen LogP contribution in [0.1, 0.15) is 25.8 Å². The van der Waals surface area contributed by atoms with Gasteiger partial charge in [-0.3, -0.25) is 4.79 Å². The number of amides is 1. The third-order valence-electron chi connectivity index (χ3n) is 6.07. The van der Waals surface area contributed by atoms with Gasteiger partial charge in [-0.1, -0.05) is 25.1 Å². The molecule has 0 aliphatic carbocycles. The predicted molar refractivity (Wildman–Crippen MR) is 132 cm³/mol. The summed E-state index contributed by atoms with van der Waals surface area (Å²) in [5.74, 6) is 1.28. The molecule has 1 aliphatic heterocycles. The molecule has 170 valence electrons. The third kappa shape index (κ3) is 4.21. The lowest BCUT2D eigenvalue weighted by Gasteiger charge is -2.34. The maximum Gasteiger partial charge on any atom is 0.216 e. The number of rotatable bonds is 5. The molecule has 1 saturated heterocycles. The molecule has 2 radical (unpaired) electrons. The SMILES string of the molecule is [B]C(C)C(=O)N1CCC[C@@H](n2nc(-c3ccc(Oc4ccccc4)cc3)c3c(N)ncnc32)C1. The molecule has 1 unspecified atom stereocenters. The van der Waals surface area contributed by atoms with Gasteiger partial charge in [-0.05, 0) is 55.1 Å². The van der Waals surface area contributed by atoms with E-state index >= 15 is 0 Å². The minimum absolute atomic E-state index is 0.0253. The standard InChI is InChI=1S/C25H25BN6O2/c1-16(26)25(33)31-13-5-6-18(14-31)32-24-21(23(27)28-15-29-24)22(30-32)17-9-11-20(12-10-17)34-19-7-3-2-4-8-19/h2-4,7-12,15-16,18H,5-6,13-14H2,1H3,(H2,27,28,29)/t16?,18-/m1/s1. The van der Waals surface area contributed by atoms with Crippen molar-refractivity contribution in [2.75, 3.05) is 18.8 Å². The molecule has 0 bridgehead atoms. The Bertz CT molecular complexity index is 1310. The van der Waals surface area contributed by atoms with Crippen LogP contribution in [0.15, 0.2) is 60.9 Å². The molecule has 2 aromatic heterocycles. The van der Waals surface area contributed by atoms with Gasteiger partial charge in [0.1, 0.15) is 29.3 Å². The third-order valence-corrected chi connectivity index (χ3v) is 6.07.